The highest BCUT2D eigenvalue weighted by Crippen LogP contribution is 2.33. The van der Waals surface area contributed by atoms with Crippen LogP contribution in [-0.2, 0) is 12.8 Å². The Morgan fingerprint density at radius 2 is 1.50 bits per heavy atom. The number of hydrogen-bond donors (Lipinski definition) is 0. The second kappa shape index (κ2) is 6.31. The number of fused-ring (bicyclic) bond motifs is 8. The molecule has 0 fully saturated rings. The Hall–Kier alpha value is -2.88. The van der Waals surface area contributed by atoms with Crippen LogP contribution in [-0.4, -0.2) is 18.8 Å². The van der Waals surface area contributed by atoms with E-state index in [0.717, 1.165) is 40.7 Å². The molecule has 5 rings (SSSR count). The number of aromatic nitrogens is 4. The van der Waals surface area contributed by atoms with E-state index in [2.05, 4.69) is 91.7 Å². The lowest BCUT2D eigenvalue weighted by Gasteiger charge is -2.24. The Morgan fingerprint density at radius 3 is 2.20 bits per heavy atom. The maximum Gasteiger partial charge on any atom is 0.221 e. The van der Waals surface area contributed by atoms with Crippen LogP contribution in [0.1, 0.15) is 52.7 Å². The lowest BCUT2D eigenvalue weighted by Crippen LogP contribution is -2.15. The summed E-state index contributed by atoms with van der Waals surface area (Å²) in [5.41, 5.74) is 7.63. The van der Waals surface area contributed by atoms with Crippen LogP contribution in [0.5, 0.6) is 0 Å². The van der Waals surface area contributed by atoms with Gasteiger partial charge in [-0.05, 0) is 59.1 Å². The molecule has 0 unspecified atom stereocenters. The Balaban J connectivity index is 1.90. The van der Waals surface area contributed by atoms with Gasteiger partial charge in [0.15, 0.2) is 0 Å². The highest BCUT2D eigenvalue weighted by Gasteiger charge is 2.21. The first-order valence-corrected chi connectivity index (χ1v) is 10.8. The molecule has 0 N–H and O–H groups in total. The van der Waals surface area contributed by atoms with Crippen LogP contribution >= 0.6 is 0 Å². The fourth-order valence-corrected chi connectivity index (χ4v) is 4.59. The largest absolute Gasteiger partial charge is 0.277 e. The van der Waals surface area contributed by atoms with Crippen molar-refractivity contribution < 1.29 is 0 Å². The monoisotopic (exact) mass is 398 g/mol. The first kappa shape index (κ1) is 19.1. The van der Waals surface area contributed by atoms with Gasteiger partial charge in [-0.1, -0.05) is 53.7 Å². The highest BCUT2D eigenvalue weighted by molar-refractivity contribution is 5.97. The SMILES string of the molecule is CC(C)(C)Cc1cc2nc3n4ccnc4c4ccccc4n3c2cc1CC(C)(C)C. The maximum absolute atomic E-state index is 5.08. The van der Waals surface area contributed by atoms with Gasteiger partial charge in [-0.2, -0.15) is 0 Å². The topological polar surface area (TPSA) is 34.6 Å². The van der Waals surface area contributed by atoms with Crippen molar-refractivity contribution >= 4 is 33.4 Å². The minimum Gasteiger partial charge on any atom is -0.277 e. The van der Waals surface area contributed by atoms with Crippen LogP contribution < -0.4 is 0 Å². The average Bonchev–Trinajstić information content (AvgIpc) is 3.24. The summed E-state index contributed by atoms with van der Waals surface area (Å²) < 4.78 is 4.40. The van der Waals surface area contributed by atoms with E-state index >= 15 is 0 Å². The molecule has 0 bridgehead atoms. The zero-order chi connectivity index (χ0) is 21.3. The zero-order valence-corrected chi connectivity index (χ0v) is 18.8. The van der Waals surface area contributed by atoms with Gasteiger partial charge in [0.1, 0.15) is 5.65 Å². The fraction of sp³-hybridized carbons (Fsp3) is 0.385. The molecule has 0 saturated carbocycles. The molecule has 0 aliphatic heterocycles. The van der Waals surface area contributed by atoms with Gasteiger partial charge in [0.2, 0.25) is 5.78 Å². The lowest BCUT2D eigenvalue weighted by atomic mass is 9.81. The van der Waals surface area contributed by atoms with Gasteiger partial charge in [0, 0.05) is 17.8 Å². The Labute approximate surface area is 177 Å². The van der Waals surface area contributed by atoms with E-state index in [1.165, 1.54) is 16.6 Å². The van der Waals surface area contributed by atoms with Crippen LogP contribution in [0.25, 0.3) is 33.4 Å². The third kappa shape index (κ3) is 3.15. The summed E-state index contributed by atoms with van der Waals surface area (Å²) in [6.45, 7) is 13.9. The van der Waals surface area contributed by atoms with Crippen molar-refractivity contribution in [3.8, 4) is 0 Å². The second-order valence-electron chi connectivity index (χ2n) is 11.0. The van der Waals surface area contributed by atoms with Crippen molar-refractivity contribution in [3.63, 3.8) is 0 Å². The van der Waals surface area contributed by atoms with Gasteiger partial charge in [0.25, 0.3) is 0 Å². The smallest absolute Gasteiger partial charge is 0.221 e. The van der Waals surface area contributed by atoms with Gasteiger partial charge in [0.05, 0.1) is 16.6 Å². The molecule has 4 heteroatoms. The molecule has 0 atom stereocenters. The fourth-order valence-electron chi connectivity index (χ4n) is 4.59. The number of rotatable bonds is 2. The summed E-state index contributed by atoms with van der Waals surface area (Å²) in [4.78, 5) is 9.69. The minimum absolute atomic E-state index is 0.223. The van der Waals surface area contributed by atoms with E-state index in [-0.39, 0.29) is 10.8 Å². The third-order valence-corrected chi connectivity index (χ3v) is 5.64. The zero-order valence-electron chi connectivity index (χ0n) is 18.8. The van der Waals surface area contributed by atoms with Crippen LogP contribution in [0.3, 0.4) is 0 Å². The normalized spacial score (nSPS) is 13.3. The Kier molecular flexibility index (Phi) is 4.02. The number of nitrogens with zero attached hydrogens (tertiary/aromatic N) is 4. The molecule has 154 valence electrons. The molecule has 3 heterocycles. The van der Waals surface area contributed by atoms with E-state index in [1.54, 1.807) is 0 Å². The number of benzene rings is 2. The summed E-state index contributed by atoms with van der Waals surface area (Å²) in [6, 6.07) is 13.2. The van der Waals surface area contributed by atoms with Crippen molar-refractivity contribution in [2.45, 2.75) is 54.4 Å². The first-order valence-electron chi connectivity index (χ1n) is 10.8. The van der Waals surface area contributed by atoms with Gasteiger partial charge in [-0.25, -0.2) is 9.97 Å². The Bertz CT molecular complexity index is 1400. The molecular formula is C26H30N4. The van der Waals surface area contributed by atoms with Gasteiger partial charge < -0.3 is 0 Å². The second-order valence-corrected chi connectivity index (χ2v) is 11.0. The molecule has 0 aliphatic rings. The molecule has 0 aliphatic carbocycles. The van der Waals surface area contributed by atoms with Crippen molar-refractivity contribution in [1.82, 2.24) is 18.8 Å². The standard InChI is InChI=1S/C26H30N4/c1-25(2,3)15-17-13-20-22(14-18(17)16-26(4,5)6)30-21-10-8-7-9-19(21)23-27-11-12-29(23)24(30)28-20/h7-14H,15-16H2,1-6H3. The molecular weight excluding hydrogens is 368 g/mol. The summed E-state index contributed by atoms with van der Waals surface area (Å²) >= 11 is 0. The molecule has 30 heavy (non-hydrogen) atoms. The highest BCUT2D eigenvalue weighted by atomic mass is 15.2. The molecule has 0 radical (unpaired) electrons. The molecule has 4 nitrogen and oxygen atoms in total. The van der Waals surface area contributed by atoms with Crippen LogP contribution in [0, 0.1) is 10.8 Å². The summed E-state index contributed by atoms with van der Waals surface area (Å²) in [6.07, 6.45) is 5.96. The van der Waals surface area contributed by atoms with Crippen molar-refractivity contribution in [3.05, 3.63) is 59.9 Å². The molecule has 0 saturated heterocycles. The molecule has 0 spiro atoms. The van der Waals surface area contributed by atoms with Crippen molar-refractivity contribution in [2.75, 3.05) is 0 Å². The quantitative estimate of drug-likeness (QED) is 0.342. The summed E-state index contributed by atoms with van der Waals surface area (Å²) in [5.74, 6) is 0.922. The minimum atomic E-state index is 0.223. The maximum atomic E-state index is 5.08. The molecule has 0 amide bonds. The van der Waals surface area contributed by atoms with E-state index in [1.807, 2.05) is 12.4 Å². The van der Waals surface area contributed by atoms with Gasteiger partial charge >= 0.3 is 0 Å². The van der Waals surface area contributed by atoms with Crippen LogP contribution in [0.15, 0.2) is 48.8 Å². The molecule has 5 aromatic rings. The summed E-state index contributed by atoms with van der Waals surface area (Å²) in [7, 11) is 0. The summed E-state index contributed by atoms with van der Waals surface area (Å²) in [5, 5.41) is 1.14. The predicted octanol–water partition coefficient (Wildman–Crippen LogP) is 6.47. The van der Waals surface area contributed by atoms with E-state index in [9.17, 15) is 0 Å². The number of imidazole rings is 2. The van der Waals surface area contributed by atoms with Crippen molar-refractivity contribution in [2.24, 2.45) is 10.8 Å². The molecule has 2 aromatic carbocycles. The van der Waals surface area contributed by atoms with Gasteiger partial charge in [-0.15, -0.1) is 0 Å². The number of para-hydroxylation sites is 1. The van der Waals surface area contributed by atoms with E-state index in [0.29, 0.717) is 0 Å². The van der Waals surface area contributed by atoms with Crippen molar-refractivity contribution in [1.29, 1.82) is 0 Å². The number of hydrogen-bond acceptors (Lipinski definition) is 2. The molecule has 3 aromatic heterocycles. The van der Waals surface area contributed by atoms with E-state index < -0.39 is 0 Å². The predicted molar refractivity (Wildman–Crippen MR) is 125 cm³/mol. The first-order chi connectivity index (χ1) is 14.1. The lowest BCUT2D eigenvalue weighted by molar-refractivity contribution is 0.392. The van der Waals surface area contributed by atoms with Gasteiger partial charge in [-0.3, -0.25) is 8.80 Å². The average molecular weight is 399 g/mol. The van der Waals surface area contributed by atoms with Crippen LogP contribution in [0.2, 0.25) is 0 Å². The Morgan fingerprint density at radius 1 is 0.833 bits per heavy atom. The third-order valence-electron chi connectivity index (χ3n) is 5.64. The van der Waals surface area contributed by atoms with E-state index in [4.69, 9.17) is 4.98 Å². The van der Waals surface area contributed by atoms with Crippen LogP contribution in [0.4, 0.5) is 0 Å².